The molecule has 0 unspecified atom stereocenters. The lowest BCUT2D eigenvalue weighted by atomic mass is 10.7. The van der Waals surface area contributed by atoms with Gasteiger partial charge in [0.1, 0.15) is 0 Å². The molecule has 2 nitrogen and oxygen atoms in total. The van der Waals surface area contributed by atoms with E-state index in [4.69, 9.17) is 5.73 Å². The van der Waals surface area contributed by atoms with E-state index in [2.05, 4.69) is 17.9 Å². The maximum atomic E-state index is 4.75. The van der Waals surface area contributed by atoms with Crippen LogP contribution in [0.15, 0.2) is 17.6 Å². The van der Waals surface area contributed by atoms with E-state index >= 15 is 0 Å². The van der Waals surface area contributed by atoms with Gasteiger partial charge in [-0.2, -0.15) is 0 Å². The van der Waals surface area contributed by atoms with Crippen LogP contribution in [0, 0.1) is 0 Å². The standard InChI is InChI=1S/C4H7N2/c1-2-3-6-4-5/h2H,1,3H2,(H2,5,6). The number of aliphatic imine (C=N–C) groups is 1. The number of hydrogen-bond donors (Lipinski definition) is 1. The number of hydrogen-bond acceptors (Lipinski definition) is 1. The van der Waals surface area contributed by atoms with Crippen LogP contribution in [0.4, 0.5) is 0 Å². The summed E-state index contributed by atoms with van der Waals surface area (Å²) in [5, 5.41) is 0. The molecule has 0 rings (SSSR count). The predicted octanol–water partition coefficient (Wildman–Crippen LogP) is 0.0364. The topological polar surface area (TPSA) is 38.4 Å². The van der Waals surface area contributed by atoms with Gasteiger partial charge in [-0.3, -0.25) is 4.99 Å². The summed E-state index contributed by atoms with van der Waals surface area (Å²) in [6, 6.07) is 0. The largest absolute Gasteiger partial charge is 0.381 e. The van der Waals surface area contributed by atoms with E-state index in [1.165, 1.54) is 0 Å². The van der Waals surface area contributed by atoms with Crippen LogP contribution >= 0.6 is 0 Å². The van der Waals surface area contributed by atoms with Crippen LogP contribution in [0.1, 0.15) is 0 Å². The van der Waals surface area contributed by atoms with Crippen molar-refractivity contribution in [2.45, 2.75) is 0 Å². The zero-order valence-electron chi connectivity index (χ0n) is 3.52. The first-order chi connectivity index (χ1) is 2.91. The minimum atomic E-state index is 0.566. The minimum Gasteiger partial charge on any atom is -0.381 e. The van der Waals surface area contributed by atoms with E-state index in [1.807, 2.05) is 0 Å². The molecule has 0 saturated heterocycles. The molecule has 2 heteroatoms. The fraction of sp³-hybridized carbons (Fsp3) is 0.250. The van der Waals surface area contributed by atoms with Crippen molar-refractivity contribution < 1.29 is 0 Å². The van der Waals surface area contributed by atoms with Gasteiger partial charge in [-0.05, 0) is 0 Å². The fourth-order valence-corrected chi connectivity index (χ4v) is 0.117. The summed E-state index contributed by atoms with van der Waals surface area (Å²) in [5.74, 6) is 0. The molecule has 0 bridgehead atoms. The molecule has 2 N–H and O–H groups in total. The van der Waals surface area contributed by atoms with E-state index < -0.39 is 0 Å². The molecule has 0 aromatic heterocycles. The third-order valence-corrected chi connectivity index (χ3v) is 0.312. The molecule has 0 spiro atoms. The lowest BCUT2D eigenvalue weighted by Crippen LogP contribution is -1.88. The Morgan fingerprint density at radius 2 is 2.67 bits per heavy atom. The number of rotatable bonds is 2. The van der Waals surface area contributed by atoms with E-state index in [9.17, 15) is 0 Å². The normalized spacial score (nSPS) is 9.33. The van der Waals surface area contributed by atoms with Gasteiger partial charge in [0, 0.05) is 0 Å². The lowest BCUT2D eigenvalue weighted by molar-refractivity contribution is 1.26. The van der Waals surface area contributed by atoms with Gasteiger partial charge in [0.25, 0.3) is 0 Å². The average molecular weight is 83.1 g/mol. The Labute approximate surface area is 37.4 Å². The Hall–Kier alpha value is -0.790. The smallest absolute Gasteiger partial charge is 0.161 e. The van der Waals surface area contributed by atoms with Crippen LogP contribution in [-0.4, -0.2) is 12.9 Å². The highest BCUT2D eigenvalue weighted by atomic mass is 14.8. The van der Waals surface area contributed by atoms with Gasteiger partial charge in [-0.1, -0.05) is 6.08 Å². The minimum absolute atomic E-state index is 0.566. The Bertz CT molecular complexity index is 56.6. The van der Waals surface area contributed by atoms with E-state index in [-0.39, 0.29) is 0 Å². The molecule has 6 heavy (non-hydrogen) atoms. The van der Waals surface area contributed by atoms with Crippen LogP contribution in [0.25, 0.3) is 0 Å². The summed E-state index contributed by atoms with van der Waals surface area (Å²) >= 11 is 0. The van der Waals surface area contributed by atoms with Gasteiger partial charge < -0.3 is 5.73 Å². The van der Waals surface area contributed by atoms with Crippen molar-refractivity contribution in [3.05, 3.63) is 12.7 Å². The van der Waals surface area contributed by atoms with Gasteiger partial charge in [-0.15, -0.1) is 6.58 Å². The molecular formula is C4H7N2. The lowest BCUT2D eigenvalue weighted by Gasteiger charge is -1.70. The second-order valence-electron chi connectivity index (χ2n) is 0.758. The molecule has 0 aliphatic rings. The van der Waals surface area contributed by atoms with E-state index in [0.717, 1.165) is 0 Å². The molecule has 0 atom stereocenters. The molecule has 0 fully saturated rings. The Kier molecular flexibility index (Phi) is 3.66. The second-order valence-corrected chi connectivity index (χ2v) is 0.758. The molecule has 0 heterocycles. The van der Waals surface area contributed by atoms with Crippen LogP contribution in [0.3, 0.4) is 0 Å². The number of nitrogens with two attached hydrogens (primary N) is 1. The zero-order valence-corrected chi connectivity index (χ0v) is 3.52. The Balaban J connectivity index is 2.85. The van der Waals surface area contributed by atoms with Crippen molar-refractivity contribution in [2.24, 2.45) is 10.7 Å². The van der Waals surface area contributed by atoms with Gasteiger partial charge in [-0.25, -0.2) is 0 Å². The van der Waals surface area contributed by atoms with Crippen LogP contribution < -0.4 is 5.73 Å². The molecular weight excluding hydrogens is 76.1 g/mol. The SMILES string of the molecule is C=CC/N=[C]\N. The Morgan fingerprint density at radius 1 is 2.00 bits per heavy atom. The maximum absolute atomic E-state index is 4.75. The highest BCUT2D eigenvalue weighted by molar-refractivity contribution is 5.51. The molecule has 1 radical (unpaired) electrons. The molecule has 0 aromatic rings. The average Bonchev–Trinajstić information content (AvgIpc) is 1.61. The zero-order chi connectivity index (χ0) is 4.83. The van der Waals surface area contributed by atoms with Gasteiger partial charge in [0.2, 0.25) is 0 Å². The first kappa shape index (κ1) is 5.21. The first-order valence-corrected chi connectivity index (χ1v) is 1.65. The van der Waals surface area contributed by atoms with Gasteiger partial charge in [0.05, 0.1) is 6.54 Å². The molecule has 0 saturated carbocycles. The summed E-state index contributed by atoms with van der Waals surface area (Å²) in [7, 11) is 0. The summed E-state index contributed by atoms with van der Waals surface area (Å²) in [6.07, 6.45) is 3.78. The summed E-state index contributed by atoms with van der Waals surface area (Å²) < 4.78 is 0. The molecule has 0 aliphatic heterocycles. The van der Waals surface area contributed by atoms with Crippen molar-refractivity contribution in [1.29, 1.82) is 0 Å². The van der Waals surface area contributed by atoms with Crippen molar-refractivity contribution in [2.75, 3.05) is 6.54 Å². The van der Waals surface area contributed by atoms with Crippen molar-refractivity contribution >= 4 is 6.34 Å². The molecule has 33 valence electrons. The van der Waals surface area contributed by atoms with Crippen molar-refractivity contribution in [3.8, 4) is 0 Å². The summed E-state index contributed by atoms with van der Waals surface area (Å²) in [6.45, 7) is 3.97. The Morgan fingerprint density at radius 3 is 2.83 bits per heavy atom. The van der Waals surface area contributed by atoms with Crippen molar-refractivity contribution in [3.63, 3.8) is 0 Å². The highest BCUT2D eigenvalue weighted by Gasteiger charge is 1.58. The molecule has 0 aromatic carbocycles. The van der Waals surface area contributed by atoms with Gasteiger partial charge in [0.15, 0.2) is 6.34 Å². The number of nitrogens with zero attached hydrogens (tertiary/aromatic N) is 1. The molecule has 0 aliphatic carbocycles. The highest BCUT2D eigenvalue weighted by Crippen LogP contribution is 1.61. The first-order valence-electron chi connectivity index (χ1n) is 1.65. The predicted molar refractivity (Wildman–Crippen MR) is 26.7 cm³/mol. The fourth-order valence-electron chi connectivity index (χ4n) is 0.117. The van der Waals surface area contributed by atoms with Crippen molar-refractivity contribution in [1.82, 2.24) is 0 Å². The second kappa shape index (κ2) is 4.21. The van der Waals surface area contributed by atoms with Crippen LogP contribution in [0.2, 0.25) is 0 Å². The summed E-state index contributed by atoms with van der Waals surface area (Å²) in [5.41, 5.74) is 4.75. The molecule has 0 amide bonds. The van der Waals surface area contributed by atoms with Crippen LogP contribution in [0.5, 0.6) is 0 Å². The quantitative estimate of drug-likeness (QED) is 0.217. The maximum Gasteiger partial charge on any atom is 0.161 e. The van der Waals surface area contributed by atoms with Crippen LogP contribution in [-0.2, 0) is 0 Å². The van der Waals surface area contributed by atoms with E-state index in [1.54, 1.807) is 6.08 Å². The van der Waals surface area contributed by atoms with E-state index in [0.29, 0.717) is 6.54 Å². The third kappa shape index (κ3) is 3.21. The third-order valence-electron chi connectivity index (χ3n) is 0.312. The van der Waals surface area contributed by atoms with Gasteiger partial charge >= 0.3 is 0 Å². The monoisotopic (exact) mass is 83.1 g/mol. The summed E-state index contributed by atoms with van der Waals surface area (Å²) in [4.78, 5) is 3.50.